The zero-order valence-corrected chi connectivity index (χ0v) is 10.3. The maximum Gasteiger partial charge on any atom is 0.391 e. The molecule has 0 aromatic rings. The van der Waals surface area contributed by atoms with Gasteiger partial charge in [0.25, 0.3) is 0 Å². The third kappa shape index (κ3) is 2.22. The van der Waals surface area contributed by atoms with E-state index >= 15 is 0 Å². The minimum atomic E-state index is -4.34. The van der Waals surface area contributed by atoms with Gasteiger partial charge in [0, 0.05) is 5.92 Å². The zero-order chi connectivity index (χ0) is 13.7. The van der Waals surface area contributed by atoms with E-state index in [0.717, 1.165) is 0 Å². The van der Waals surface area contributed by atoms with E-state index < -0.39 is 30.1 Å². The highest BCUT2D eigenvalue weighted by atomic mass is 19.4. The number of alkyl halides is 3. The molecule has 0 unspecified atom stereocenters. The van der Waals surface area contributed by atoms with Gasteiger partial charge in [-0.25, -0.2) is 0 Å². The molecule has 1 saturated heterocycles. The largest absolute Gasteiger partial charge is 0.481 e. The molecule has 104 valence electrons. The normalized spacial score (nSPS) is 44.7. The second-order valence-corrected chi connectivity index (χ2v) is 5.47. The lowest BCUT2D eigenvalue weighted by Gasteiger charge is -2.37. The number of ether oxygens (including phenoxy) is 1. The van der Waals surface area contributed by atoms with Gasteiger partial charge in [-0.3, -0.25) is 4.79 Å². The Kier molecular flexibility index (Phi) is 3.34. The predicted molar refractivity (Wildman–Crippen MR) is 56.9 cm³/mol. The van der Waals surface area contributed by atoms with Gasteiger partial charge in [0.15, 0.2) is 0 Å². The van der Waals surface area contributed by atoms with E-state index in [-0.39, 0.29) is 30.8 Å². The van der Waals surface area contributed by atoms with Crippen molar-refractivity contribution < 1.29 is 27.8 Å². The number of carboxylic acid groups (broad SMARTS) is 1. The maximum absolute atomic E-state index is 12.8. The topological polar surface area (TPSA) is 46.5 Å². The van der Waals surface area contributed by atoms with E-state index in [1.54, 1.807) is 6.92 Å². The number of carboxylic acids is 1. The van der Waals surface area contributed by atoms with E-state index in [1.807, 2.05) is 6.92 Å². The Morgan fingerprint density at radius 2 is 1.89 bits per heavy atom. The van der Waals surface area contributed by atoms with Crippen molar-refractivity contribution in [2.24, 2.45) is 23.7 Å². The van der Waals surface area contributed by atoms with Crippen LogP contribution in [0, 0.1) is 23.7 Å². The summed E-state index contributed by atoms with van der Waals surface area (Å²) in [6, 6.07) is 0. The molecule has 6 atom stereocenters. The van der Waals surface area contributed by atoms with Crippen LogP contribution in [0.2, 0.25) is 0 Å². The standard InChI is InChI=1S/C12H17F3O3/c1-5-6(2)18-9-4-7(12(13,14)15)3-8(10(5)9)11(16)17/h5-10H,3-4H2,1-2H3,(H,16,17)/t5-,6+,7+,8-,9-,10+/m1/s1. The lowest BCUT2D eigenvalue weighted by atomic mass is 9.68. The van der Waals surface area contributed by atoms with Crippen LogP contribution in [-0.2, 0) is 9.53 Å². The minimum absolute atomic E-state index is 0.00900. The fraction of sp³-hybridized carbons (Fsp3) is 0.917. The number of hydrogen-bond acceptors (Lipinski definition) is 2. The molecular weight excluding hydrogens is 249 g/mol. The molecule has 1 heterocycles. The molecule has 0 radical (unpaired) electrons. The average Bonchev–Trinajstić information content (AvgIpc) is 2.52. The van der Waals surface area contributed by atoms with E-state index in [2.05, 4.69) is 0 Å². The van der Waals surface area contributed by atoms with Crippen LogP contribution < -0.4 is 0 Å². The second kappa shape index (κ2) is 4.40. The lowest BCUT2D eigenvalue weighted by molar-refractivity contribution is -0.202. The van der Waals surface area contributed by atoms with Gasteiger partial charge in [-0.2, -0.15) is 13.2 Å². The van der Waals surface area contributed by atoms with E-state index in [1.165, 1.54) is 0 Å². The lowest BCUT2D eigenvalue weighted by Crippen LogP contribution is -2.44. The quantitative estimate of drug-likeness (QED) is 0.793. The summed E-state index contributed by atoms with van der Waals surface area (Å²) in [7, 11) is 0. The molecule has 0 bridgehead atoms. The van der Waals surface area contributed by atoms with Gasteiger partial charge in [-0.05, 0) is 25.7 Å². The average molecular weight is 266 g/mol. The van der Waals surface area contributed by atoms with Crippen molar-refractivity contribution in [3.05, 3.63) is 0 Å². The fourth-order valence-corrected chi connectivity index (χ4v) is 3.35. The van der Waals surface area contributed by atoms with Crippen molar-refractivity contribution >= 4 is 5.97 Å². The summed E-state index contributed by atoms with van der Waals surface area (Å²) in [5, 5.41) is 9.15. The third-order valence-corrected chi connectivity index (χ3v) is 4.47. The molecule has 0 aromatic carbocycles. The summed E-state index contributed by atoms with van der Waals surface area (Å²) < 4.78 is 43.9. The summed E-state index contributed by atoms with van der Waals surface area (Å²) in [4.78, 5) is 11.2. The Hall–Kier alpha value is -0.780. The van der Waals surface area contributed by atoms with Gasteiger partial charge in [0.05, 0.1) is 24.0 Å². The molecule has 3 nitrogen and oxygen atoms in total. The van der Waals surface area contributed by atoms with Crippen molar-refractivity contribution in [3.63, 3.8) is 0 Å². The van der Waals surface area contributed by atoms with E-state index in [0.29, 0.717) is 0 Å². The molecule has 18 heavy (non-hydrogen) atoms. The first kappa shape index (κ1) is 13.6. The van der Waals surface area contributed by atoms with Crippen molar-refractivity contribution in [1.82, 2.24) is 0 Å². The number of fused-ring (bicyclic) bond motifs is 1. The van der Waals surface area contributed by atoms with Crippen molar-refractivity contribution in [3.8, 4) is 0 Å². The van der Waals surface area contributed by atoms with E-state index in [9.17, 15) is 18.0 Å². The number of aliphatic carboxylic acids is 1. The Morgan fingerprint density at radius 3 is 2.39 bits per heavy atom. The van der Waals surface area contributed by atoms with Crippen LogP contribution >= 0.6 is 0 Å². The van der Waals surface area contributed by atoms with Crippen LogP contribution in [0.1, 0.15) is 26.7 Å². The molecule has 0 spiro atoms. The van der Waals surface area contributed by atoms with Crippen LogP contribution in [0.3, 0.4) is 0 Å². The molecule has 1 saturated carbocycles. The van der Waals surface area contributed by atoms with Gasteiger partial charge >= 0.3 is 12.1 Å². The predicted octanol–water partition coefficient (Wildman–Crippen LogP) is 2.70. The van der Waals surface area contributed by atoms with E-state index in [4.69, 9.17) is 9.84 Å². The Bertz CT molecular complexity index is 342. The highest BCUT2D eigenvalue weighted by molar-refractivity contribution is 5.70. The Balaban J connectivity index is 2.24. The molecule has 0 aromatic heterocycles. The SMILES string of the molecule is C[C@H]1[C@@H]2[C@@H](C[C@@H](C(F)(F)F)C[C@H]2C(=O)O)O[C@H]1C. The van der Waals surface area contributed by atoms with Crippen LogP contribution in [0.25, 0.3) is 0 Å². The molecule has 1 aliphatic carbocycles. The Labute approximate surface area is 103 Å². The molecule has 0 amide bonds. The number of carbonyl (C=O) groups is 1. The summed E-state index contributed by atoms with van der Waals surface area (Å²) in [5.74, 6) is -3.95. The summed E-state index contributed by atoms with van der Waals surface area (Å²) >= 11 is 0. The molecule has 6 heteroatoms. The molecular formula is C12H17F3O3. The Morgan fingerprint density at radius 1 is 1.28 bits per heavy atom. The summed E-state index contributed by atoms with van der Waals surface area (Å²) in [6.07, 6.45) is -5.50. The second-order valence-electron chi connectivity index (χ2n) is 5.47. The van der Waals surface area contributed by atoms with Gasteiger partial charge in [-0.15, -0.1) is 0 Å². The smallest absolute Gasteiger partial charge is 0.391 e. The highest BCUT2D eigenvalue weighted by Gasteiger charge is 2.55. The van der Waals surface area contributed by atoms with Crippen molar-refractivity contribution in [2.75, 3.05) is 0 Å². The van der Waals surface area contributed by atoms with Gasteiger partial charge in [0.1, 0.15) is 0 Å². The first-order chi connectivity index (χ1) is 8.21. The molecule has 2 fully saturated rings. The fourth-order valence-electron chi connectivity index (χ4n) is 3.35. The first-order valence-corrected chi connectivity index (χ1v) is 6.16. The molecule has 1 N–H and O–H groups in total. The van der Waals surface area contributed by atoms with Crippen LogP contribution in [-0.4, -0.2) is 29.5 Å². The monoisotopic (exact) mass is 266 g/mol. The van der Waals surface area contributed by atoms with Crippen molar-refractivity contribution in [1.29, 1.82) is 0 Å². The summed E-state index contributed by atoms with van der Waals surface area (Å²) in [5.41, 5.74) is 0. The highest BCUT2D eigenvalue weighted by Crippen LogP contribution is 2.50. The third-order valence-electron chi connectivity index (χ3n) is 4.47. The van der Waals surface area contributed by atoms with Gasteiger partial charge < -0.3 is 9.84 Å². The molecule has 2 rings (SSSR count). The van der Waals surface area contributed by atoms with Gasteiger partial charge in [-0.1, -0.05) is 6.92 Å². The van der Waals surface area contributed by atoms with Crippen molar-refractivity contribution in [2.45, 2.75) is 45.1 Å². The molecule has 2 aliphatic rings. The van der Waals surface area contributed by atoms with Gasteiger partial charge in [0.2, 0.25) is 0 Å². The van der Waals surface area contributed by atoms with Crippen LogP contribution in [0.15, 0.2) is 0 Å². The first-order valence-electron chi connectivity index (χ1n) is 6.16. The summed E-state index contributed by atoms with van der Waals surface area (Å²) in [6.45, 7) is 3.66. The number of halogens is 3. The van der Waals surface area contributed by atoms with Crippen LogP contribution in [0.4, 0.5) is 13.2 Å². The molecule has 1 aliphatic heterocycles. The number of rotatable bonds is 1. The number of hydrogen-bond donors (Lipinski definition) is 1. The van der Waals surface area contributed by atoms with Crippen LogP contribution in [0.5, 0.6) is 0 Å². The maximum atomic E-state index is 12.8. The zero-order valence-electron chi connectivity index (χ0n) is 10.3. The minimum Gasteiger partial charge on any atom is -0.481 e.